The Hall–Kier alpha value is -2.41. The van der Waals surface area contributed by atoms with Gasteiger partial charge in [-0.3, -0.25) is 4.79 Å². The van der Waals surface area contributed by atoms with Crippen LogP contribution in [0.1, 0.15) is 21.8 Å². The maximum atomic E-state index is 11.8. The van der Waals surface area contributed by atoms with E-state index < -0.39 is 0 Å². The number of hydrogen-bond donors (Lipinski definition) is 3. The summed E-state index contributed by atoms with van der Waals surface area (Å²) < 4.78 is 4.90. The van der Waals surface area contributed by atoms with E-state index in [-0.39, 0.29) is 5.91 Å². The molecule has 4 N–H and O–H groups in total. The van der Waals surface area contributed by atoms with Gasteiger partial charge < -0.3 is 15.3 Å². The SMILES string of the molecule is Cc1cc(CNC(=O)c2ccc(NN)nc2)no1. The van der Waals surface area contributed by atoms with Gasteiger partial charge in [0, 0.05) is 12.3 Å². The Morgan fingerprint density at radius 1 is 1.50 bits per heavy atom. The van der Waals surface area contributed by atoms with Gasteiger partial charge in [-0.2, -0.15) is 0 Å². The zero-order valence-electron chi connectivity index (χ0n) is 9.80. The highest BCUT2D eigenvalue weighted by Gasteiger charge is 2.07. The van der Waals surface area contributed by atoms with Crippen molar-refractivity contribution in [3.8, 4) is 0 Å². The Balaban J connectivity index is 1.94. The van der Waals surface area contributed by atoms with Crippen molar-refractivity contribution in [1.29, 1.82) is 0 Å². The van der Waals surface area contributed by atoms with Crippen molar-refractivity contribution < 1.29 is 9.32 Å². The van der Waals surface area contributed by atoms with Gasteiger partial charge in [0.25, 0.3) is 5.91 Å². The molecule has 2 heterocycles. The molecule has 7 nitrogen and oxygen atoms in total. The first-order valence-corrected chi connectivity index (χ1v) is 5.32. The molecule has 0 bridgehead atoms. The Kier molecular flexibility index (Phi) is 3.54. The summed E-state index contributed by atoms with van der Waals surface area (Å²) in [5, 5.41) is 6.49. The topological polar surface area (TPSA) is 106 Å². The fraction of sp³-hybridized carbons (Fsp3) is 0.182. The first-order valence-electron chi connectivity index (χ1n) is 5.32. The number of nitrogens with one attached hydrogen (secondary N) is 2. The molecule has 2 aromatic heterocycles. The zero-order chi connectivity index (χ0) is 13.0. The van der Waals surface area contributed by atoms with Crippen molar-refractivity contribution in [3.05, 3.63) is 41.4 Å². The third kappa shape index (κ3) is 2.83. The molecule has 2 rings (SSSR count). The third-order valence-electron chi connectivity index (χ3n) is 2.28. The highest BCUT2D eigenvalue weighted by Crippen LogP contribution is 2.05. The third-order valence-corrected chi connectivity index (χ3v) is 2.28. The second-order valence-corrected chi connectivity index (χ2v) is 3.69. The van der Waals surface area contributed by atoms with Crippen molar-refractivity contribution in [2.75, 3.05) is 5.43 Å². The van der Waals surface area contributed by atoms with Crippen LogP contribution in [0.4, 0.5) is 5.82 Å². The number of aromatic nitrogens is 2. The number of hydrazine groups is 1. The number of carbonyl (C=O) groups is 1. The summed E-state index contributed by atoms with van der Waals surface area (Å²) in [5.74, 6) is 6.16. The Morgan fingerprint density at radius 2 is 2.33 bits per heavy atom. The maximum Gasteiger partial charge on any atom is 0.253 e. The second-order valence-electron chi connectivity index (χ2n) is 3.69. The lowest BCUT2D eigenvalue weighted by atomic mass is 10.2. The number of nitrogens with zero attached hydrogens (tertiary/aromatic N) is 2. The molecule has 0 fully saturated rings. The van der Waals surface area contributed by atoms with Crippen LogP contribution in [0.15, 0.2) is 28.9 Å². The van der Waals surface area contributed by atoms with Gasteiger partial charge in [-0.1, -0.05) is 5.16 Å². The van der Waals surface area contributed by atoms with E-state index in [9.17, 15) is 4.79 Å². The molecule has 0 saturated carbocycles. The molecule has 1 amide bonds. The van der Waals surface area contributed by atoms with Gasteiger partial charge in [-0.05, 0) is 19.1 Å². The van der Waals surface area contributed by atoms with Gasteiger partial charge >= 0.3 is 0 Å². The smallest absolute Gasteiger partial charge is 0.253 e. The number of carbonyl (C=O) groups excluding carboxylic acids is 1. The quantitative estimate of drug-likeness (QED) is 0.539. The number of amides is 1. The summed E-state index contributed by atoms with van der Waals surface area (Å²) in [4.78, 5) is 15.7. The number of rotatable bonds is 4. The van der Waals surface area contributed by atoms with Crippen LogP contribution in [0.25, 0.3) is 0 Å². The van der Waals surface area contributed by atoms with E-state index in [0.717, 1.165) is 0 Å². The van der Waals surface area contributed by atoms with Crippen LogP contribution >= 0.6 is 0 Å². The molecule has 7 heteroatoms. The average molecular weight is 247 g/mol. The molecule has 0 aliphatic carbocycles. The van der Waals surface area contributed by atoms with E-state index in [1.165, 1.54) is 6.20 Å². The number of anilines is 1. The van der Waals surface area contributed by atoms with Crippen molar-refractivity contribution >= 4 is 11.7 Å². The standard InChI is InChI=1S/C11H13N5O2/c1-7-4-9(16-18-7)6-14-11(17)8-2-3-10(15-12)13-5-8/h2-5H,6,12H2,1H3,(H,13,15)(H,14,17). The van der Waals surface area contributed by atoms with E-state index in [4.69, 9.17) is 10.4 Å². The molecule has 2 aromatic rings. The number of hydrogen-bond acceptors (Lipinski definition) is 6. The highest BCUT2D eigenvalue weighted by atomic mass is 16.5. The number of aryl methyl sites for hydroxylation is 1. The van der Waals surface area contributed by atoms with Gasteiger partial charge in [-0.25, -0.2) is 10.8 Å². The fourth-order valence-corrected chi connectivity index (χ4v) is 1.39. The monoisotopic (exact) mass is 247 g/mol. The van der Waals surface area contributed by atoms with Crippen LogP contribution in [-0.2, 0) is 6.54 Å². The molecule has 0 unspecified atom stereocenters. The van der Waals surface area contributed by atoms with Crippen LogP contribution in [-0.4, -0.2) is 16.0 Å². The molecule has 0 aliphatic rings. The molecule has 94 valence electrons. The summed E-state index contributed by atoms with van der Waals surface area (Å²) in [6.45, 7) is 2.11. The highest BCUT2D eigenvalue weighted by molar-refractivity contribution is 5.93. The van der Waals surface area contributed by atoms with Crippen molar-refractivity contribution in [1.82, 2.24) is 15.5 Å². The Labute approximate surface area is 103 Å². The predicted molar refractivity (Wildman–Crippen MR) is 64.5 cm³/mol. The molecular weight excluding hydrogens is 234 g/mol. The molecular formula is C11H13N5O2. The van der Waals surface area contributed by atoms with Gasteiger partial charge in [0.15, 0.2) is 0 Å². The van der Waals surface area contributed by atoms with Gasteiger partial charge in [0.1, 0.15) is 17.3 Å². The first kappa shape index (κ1) is 12.1. The van der Waals surface area contributed by atoms with Crippen molar-refractivity contribution in [2.45, 2.75) is 13.5 Å². The van der Waals surface area contributed by atoms with Crippen molar-refractivity contribution in [3.63, 3.8) is 0 Å². The lowest BCUT2D eigenvalue weighted by molar-refractivity contribution is 0.0950. The summed E-state index contributed by atoms with van der Waals surface area (Å²) in [5.41, 5.74) is 3.52. The maximum absolute atomic E-state index is 11.8. The summed E-state index contributed by atoms with van der Waals surface area (Å²) in [6.07, 6.45) is 1.44. The van der Waals surface area contributed by atoms with E-state index in [2.05, 4.69) is 20.9 Å². The zero-order valence-corrected chi connectivity index (χ0v) is 9.80. The number of pyridine rings is 1. The van der Waals surface area contributed by atoms with Crippen LogP contribution < -0.4 is 16.6 Å². The summed E-state index contributed by atoms with van der Waals surface area (Å²) in [6, 6.07) is 5.01. The average Bonchev–Trinajstić information content (AvgIpc) is 2.82. The Bertz CT molecular complexity index is 535. The fourth-order valence-electron chi connectivity index (χ4n) is 1.39. The Morgan fingerprint density at radius 3 is 2.89 bits per heavy atom. The van der Waals surface area contributed by atoms with Crippen LogP contribution in [0.3, 0.4) is 0 Å². The number of nitrogen functional groups attached to an aromatic ring is 1. The minimum Gasteiger partial charge on any atom is -0.361 e. The van der Waals surface area contributed by atoms with Gasteiger partial charge in [-0.15, -0.1) is 0 Å². The van der Waals surface area contributed by atoms with E-state index in [1.807, 2.05) is 0 Å². The van der Waals surface area contributed by atoms with E-state index in [0.29, 0.717) is 29.4 Å². The number of nitrogens with two attached hydrogens (primary N) is 1. The molecule has 0 aliphatic heterocycles. The molecule has 0 saturated heterocycles. The van der Waals surface area contributed by atoms with Crippen LogP contribution in [0.2, 0.25) is 0 Å². The van der Waals surface area contributed by atoms with Crippen molar-refractivity contribution in [2.24, 2.45) is 5.84 Å². The predicted octanol–water partition coefficient (Wildman–Crippen LogP) is 0.594. The van der Waals surface area contributed by atoms with E-state index in [1.54, 1.807) is 25.1 Å². The molecule has 0 aromatic carbocycles. The lowest BCUT2D eigenvalue weighted by Gasteiger charge is -2.03. The van der Waals surface area contributed by atoms with Crippen LogP contribution in [0, 0.1) is 6.92 Å². The van der Waals surface area contributed by atoms with E-state index >= 15 is 0 Å². The minimum absolute atomic E-state index is 0.230. The lowest BCUT2D eigenvalue weighted by Crippen LogP contribution is -2.23. The largest absolute Gasteiger partial charge is 0.361 e. The second kappa shape index (κ2) is 5.28. The van der Waals surface area contributed by atoms with Gasteiger partial charge in [0.2, 0.25) is 0 Å². The molecule has 0 spiro atoms. The summed E-state index contributed by atoms with van der Waals surface area (Å²) >= 11 is 0. The molecule has 0 radical (unpaired) electrons. The molecule has 0 atom stereocenters. The van der Waals surface area contributed by atoms with Gasteiger partial charge in [0.05, 0.1) is 12.1 Å². The normalized spacial score (nSPS) is 10.1. The first-order chi connectivity index (χ1) is 8.69. The molecule has 18 heavy (non-hydrogen) atoms. The summed E-state index contributed by atoms with van der Waals surface area (Å²) in [7, 11) is 0. The van der Waals surface area contributed by atoms with Crippen LogP contribution in [0.5, 0.6) is 0 Å². The minimum atomic E-state index is -0.230.